The van der Waals surface area contributed by atoms with Gasteiger partial charge in [0.25, 0.3) is 0 Å². The smallest absolute Gasteiger partial charge is 0.333 e. The summed E-state index contributed by atoms with van der Waals surface area (Å²) in [4.78, 5) is 23.4. The van der Waals surface area contributed by atoms with Gasteiger partial charge in [-0.1, -0.05) is 6.58 Å². The summed E-state index contributed by atoms with van der Waals surface area (Å²) < 4.78 is 5.32. The molecule has 5 nitrogen and oxygen atoms in total. The summed E-state index contributed by atoms with van der Waals surface area (Å²) in [6, 6.07) is 0. The van der Waals surface area contributed by atoms with Crippen LogP contribution in [-0.4, -0.2) is 34.4 Å². The van der Waals surface area contributed by atoms with Crippen LogP contribution in [0, 0.1) is 16.7 Å². The number of aliphatic hydroxyl groups is 1. The molecule has 0 heterocycles. The molecule has 4 fully saturated rings. The fourth-order valence-electron chi connectivity index (χ4n) is 5.33. The van der Waals surface area contributed by atoms with E-state index < -0.39 is 28.4 Å². The number of hydrogen-bond acceptors (Lipinski definition) is 4. The molecule has 0 aliphatic heterocycles. The average Bonchev–Trinajstić information content (AvgIpc) is 2.32. The van der Waals surface area contributed by atoms with Crippen LogP contribution < -0.4 is 0 Å². The zero-order valence-electron chi connectivity index (χ0n) is 12.4. The maximum atomic E-state index is 11.8. The Balaban J connectivity index is 1.84. The molecule has 0 spiro atoms. The summed E-state index contributed by atoms with van der Waals surface area (Å²) in [5.41, 5.74) is -1.80. The van der Waals surface area contributed by atoms with E-state index in [0.717, 1.165) is 6.42 Å². The van der Waals surface area contributed by atoms with Crippen molar-refractivity contribution >= 4 is 11.9 Å². The Hall–Kier alpha value is -1.36. The number of aliphatic carboxylic acids is 1. The largest absolute Gasteiger partial charge is 0.481 e. The number of carbonyl (C=O) groups is 2. The minimum absolute atomic E-state index is 0.187. The second kappa shape index (κ2) is 4.32. The highest BCUT2D eigenvalue weighted by Gasteiger charge is 2.66. The number of carboxylic acids is 1. The van der Waals surface area contributed by atoms with E-state index in [9.17, 15) is 19.8 Å². The lowest BCUT2D eigenvalue weighted by Gasteiger charge is -2.63. The molecule has 116 valence electrons. The second-order valence-electron chi connectivity index (χ2n) is 7.68. The topological polar surface area (TPSA) is 83.8 Å². The molecule has 0 radical (unpaired) electrons. The van der Waals surface area contributed by atoms with E-state index >= 15 is 0 Å². The highest BCUT2D eigenvalue weighted by Crippen LogP contribution is 2.66. The molecule has 21 heavy (non-hydrogen) atoms. The molecule has 4 aliphatic rings. The standard InChI is InChI=1S/C16H22O5/c1-10(2)12(17)21-9-14-3-11-4-15(6-14,13(18)19)8-16(20,5-11)7-14/h11,20H,1,3-9H2,2H3,(H,18,19). The van der Waals surface area contributed by atoms with Crippen molar-refractivity contribution in [3.05, 3.63) is 12.2 Å². The second-order valence-corrected chi connectivity index (χ2v) is 7.68. The molecule has 4 saturated carbocycles. The first-order valence-electron chi connectivity index (χ1n) is 7.46. The van der Waals surface area contributed by atoms with Gasteiger partial charge in [-0.2, -0.15) is 0 Å². The summed E-state index contributed by atoms with van der Waals surface area (Å²) in [7, 11) is 0. The van der Waals surface area contributed by atoms with E-state index in [4.69, 9.17) is 4.74 Å². The van der Waals surface area contributed by atoms with Crippen LogP contribution in [0.2, 0.25) is 0 Å². The lowest BCUT2D eigenvalue weighted by atomic mass is 9.43. The molecule has 5 heteroatoms. The lowest BCUT2D eigenvalue weighted by Crippen LogP contribution is -2.63. The number of carbonyl (C=O) groups excluding carboxylic acids is 1. The molecule has 0 saturated heterocycles. The minimum atomic E-state index is -0.909. The van der Waals surface area contributed by atoms with Crippen LogP contribution in [0.1, 0.15) is 45.4 Å². The Bertz CT molecular complexity index is 527. The van der Waals surface area contributed by atoms with E-state index in [1.807, 2.05) is 0 Å². The zero-order valence-corrected chi connectivity index (χ0v) is 12.4. The quantitative estimate of drug-likeness (QED) is 0.611. The molecule has 4 atom stereocenters. The number of hydrogen-bond donors (Lipinski definition) is 2. The average molecular weight is 294 g/mol. The molecule has 4 unspecified atom stereocenters. The van der Waals surface area contributed by atoms with Gasteiger partial charge in [0.15, 0.2) is 0 Å². The van der Waals surface area contributed by atoms with Crippen LogP contribution in [0.15, 0.2) is 12.2 Å². The van der Waals surface area contributed by atoms with E-state index in [-0.39, 0.29) is 12.5 Å². The molecular weight excluding hydrogens is 272 g/mol. The lowest BCUT2D eigenvalue weighted by molar-refractivity contribution is -0.222. The first kappa shape index (κ1) is 14.6. The van der Waals surface area contributed by atoms with Crippen molar-refractivity contribution in [2.24, 2.45) is 16.7 Å². The predicted molar refractivity (Wildman–Crippen MR) is 74.4 cm³/mol. The molecule has 4 aliphatic carbocycles. The molecule has 4 bridgehead atoms. The SMILES string of the molecule is C=C(C)C(=O)OCC12CC3CC(O)(C1)CC(C(=O)O)(C3)C2. The number of ether oxygens (including phenoxy) is 1. The van der Waals surface area contributed by atoms with Crippen LogP contribution in [0.3, 0.4) is 0 Å². The number of carboxylic acid groups (broad SMARTS) is 1. The van der Waals surface area contributed by atoms with Gasteiger partial charge in [-0.15, -0.1) is 0 Å². The third kappa shape index (κ3) is 2.27. The van der Waals surface area contributed by atoms with E-state index in [0.29, 0.717) is 37.7 Å². The van der Waals surface area contributed by atoms with Crippen molar-refractivity contribution in [1.82, 2.24) is 0 Å². The van der Waals surface area contributed by atoms with Crippen LogP contribution in [0.25, 0.3) is 0 Å². The Morgan fingerprint density at radius 1 is 1.24 bits per heavy atom. The van der Waals surface area contributed by atoms with Gasteiger partial charge in [-0.3, -0.25) is 4.79 Å². The predicted octanol–water partition coefficient (Wildman–Crippen LogP) is 1.89. The highest BCUT2D eigenvalue weighted by molar-refractivity contribution is 5.87. The van der Waals surface area contributed by atoms with E-state index in [1.54, 1.807) is 6.92 Å². The molecule has 0 aromatic rings. The Morgan fingerprint density at radius 2 is 1.95 bits per heavy atom. The van der Waals surface area contributed by atoms with Crippen LogP contribution in [-0.2, 0) is 14.3 Å². The first-order chi connectivity index (χ1) is 9.68. The zero-order chi connectivity index (χ0) is 15.5. The van der Waals surface area contributed by atoms with Gasteiger partial charge in [-0.05, 0) is 51.4 Å². The first-order valence-corrected chi connectivity index (χ1v) is 7.46. The Labute approximate surface area is 124 Å². The van der Waals surface area contributed by atoms with Crippen molar-refractivity contribution in [2.45, 2.75) is 51.0 Å². The van der Waals surface area contributed by atoms with Gasteiger partial charge in [0.2, 0.25) is 0 Å². The third-order valence-corrected chi connectivity index (χ3v) is 5.47. The van der Waals surface area contributed by atoms with Crippen molar-refractivity contribution in [1.29, 1.82) is 0 Å². The summed E-state index contributed by atoms with van der Waals surface area (Å²) >= 11 is 0. The van der Waals surface area contributed by atoms with Crippen LogP contribution >= 0.6 is 0 Å². The van der Waals surface area contributed by atoms with Crippen molar-refractivity contribution in [3.8, 4) is 0 Å². The van der Waals surface area contributed by atoms with Gasteiger partial charge in [0, 0.05) is 11.0 Å². The normalized spacial score (nSPS) is 43.6. The van der Waals surface area contributed by atoms with Gasteiger partial charge < -0.3 is 14.9 Å². The van der Waals surface area contributed by atoms with Crippen LogP contribution in [0.5, 0.6) is 0 Å². The minimum Gasteiger partial charge on any atom is -0.481 e. The molecule has 0 aromatic heterocycles. The molecule has 0 aromatic carbocycles. The maximum Gasteiger partial charge on any atom is 0.333 e. The summed E-state index contributed by atoms with van der Waals surface area (Å²) in [5.74, 6) is -1.05. The summed E-state index contributed by atoms with van der Waals surface area (Å²) in [5, 5.41) is 20.4. The monoisotopic (exact) mass is 294 g/mol. The van der Waals surface area contributed by atoms with Gasteiger partial charge in [0.05, 0.1) is 17.6 Å². The molecule has 0 amide bonds. The third-order valence-electron chi connectivity index (χ3n) is 5.47. The van der Waals surface area contributed by atoms with Crippen LogP contribution in [0.4, 0.5) is 0 Å². The van der Waals surface area contributed by atoms with E-state index in [2.05, 4.69) is 6.58 Å². The fraction of sp³-hybridized carbons (Fsp3) is 0.750. The number of esters is 1. The van der Waals surface area contributed by atoms with Gasteiger partial charge >= 0.3 is 11.9 Å². The van der Waals surface area contributed by atoms with Crippen molar-refractivity contribution in [3.63, 3.8) is 0 Å². The molecule has 4 rings (SSSR count). The molecular formula is C16H22O5. The Morgan fingerprint density at radius 3 is 2.52 bits per heavy atom. The van der Waals surface area contributed by atoms with E-state index in [1.165, 1.54) is 0 Å². The van der Waals surface area contributed by atoms with Crippen molar-refractivity contribution < 1.29 is 24.5 Å². The van der Waals surface area contributed by atoms with Gasteiger partial charge in [0.1, 0.15) is 0 Å². The fourth-order valence-corrected chi connectivity index (χ4v) is 5.33. The highest BCUT2D eigenvalue weighted by atomic mass is 16.5. The summed E-state index contributed by atoms with van der Waals surface area (Å²) in [6.07, 6.45) is 3.53. The van der Waals surface area contributed by atoms with Crippen molar-refractivity contribution in [2.75, 3.05) is 6.61 Å². The number of rotatable bonds is 4. The Kier molecular flexibility index (Phi) is 3.00. The maximum absolute atomic E-state index is 11.8. The summed E-state index contributed by atoms with van der Waals surface area (Å²) in [6.45, 7) is 5.34. The van der Waals surface area contributed by atoms with Gasteiger partial charge in [-0.25, -0.2) is 4.79 Å². The molecule has 2 N–H and O–H groups in total.